The molecule has 2 atom stereocenters. The van der Waals surface area contributed by atoms with Gasteiger partial charge in [-0.15, -0.1) is 0 Å². The Labute approximate surface area is 68.0 Å². The van der Waals surface area contributed by atoms with E-state index in [0.717, 1.165) is 19.0 Å². The van der Waals surface area contributed by atoms with Crippen LogP contribution < -0.4 is 0 Å². The summed E-state index contributed by atoms with van der Waals surface area (Å²) >= 11 is 4.22. The molecule has 2 unspecified atom stereocenters. The fourth-order valence-electron chi connectivity index (χ4n) is 1.40. The Morgan fingerprint density at radius 2 is 1.90 bits per heavy atom. The lowest BCUT2D eigenvalue weighted by atomic mass is 10.2. The first kappa shape index (κ1) is 8.37. The van der Waals surface area contributed by atoms with Gasteiger partial charge in [-0.3, -0.25) is 4.90 Å². The number of ether oxygens (including phenoxy) is 1. The maximum Gasteiger partial charge on any atom is 0.0678 e. The van der Waals surface area contributed by atoms with Gasteiger partial charge in [0.2, 0.25) is 0 Å². The fraction of sp³-hybridized carbons (Fsp3) is 1.00. The van der Waals surface area contributed by atoms with Crippen LogP contribution in [0.3, 0.4) is 0 Å². The van der Waals surface area contributed by atoms with Gasteiger partial charge < -0.3 is 4.74 Å². The summed E-state index contributed by atoms with van der Waals surface area (Å²) in [6.07, 6.45) is 0.742. The quantitative estimate of drug-likeness (QED) is 0.576. The highest BCUT2D eigenvalue weighted by molar-refractivity contribution is 7.80. The van der Waals surface area contributed by atoms with Gasteiger partial charge in [0.15, 0.2) is 0 Å². The molecule has 1 heterocycles. The molecular formula is C7H15NOS. The molecule has 60 valence electrons. The van der Waals surface area contributed by atoms with Crippen molar-refractivity contribution in [1.82, 2.24) is 4.90 Å². The highest BCUT2D eigenvalue weighted by Crippen LogP contribution is 2.10. The SMILES string of the molecule is CC1CN(CS)CC(C)O1. The van der Waals surface area contributed by atoms with Crippen LogP contribution in [0.4, 0.5) is 0 Å². The first-order valence-corrected chi connectivity index (χ1v) is 4.34. The summed E-state index contributed by atoms with van der Waals surface area (Å²) in [6.45, 7) is 6.25. The van der Waals surface area contributed by atoms with Crippen molar-refractivity contribution >= 4 is 12.6 Å². The molecule has 1 fully saturated rings. The van der Waals surface area contributed by atoms with E-state index in [2.05, 4.69) is 31.4 Å². The van der Waals surface area contributed by atoms with E-state index in [4.69, 9.17) is 4.74 Å². The number of hydrogen-bond acceptors (Lipinski definition) is 3. The zero-order chi connectivity index (χ0) is 7.56. The van der Waals surface area contributed by atoms with Crippen LogP contribution in [0.15, 0.2) is 0 Å². The zero-order valence-corrected chi connectivity index (χ0v) is 7.47. The Kier molecular flexibility index (Phi) is 3.01. The minimum atomic E-state index is 0.371. The molecule has 1 saturated heterocycles. The van der Waals surface area contributed by atoms with Crippen molar-refractivity contribution in [3.8, 4) is 0 Å². The molecule has 0 spiro atoms. The van der Waals surface area contributed by atoms with E-state index < -0.39 is 0 Å². The largest absolute Gasteiger partial charge is 0.373 e. The zero-order valence-electron chi connectivity index (χ0n) is 6.58. The van der Waals surface area contributed by atoms with E-state index in [0.29, 0.717) is 12.2 Å². The number of nitrogens with zero attached hydrogens (tertiary/aromatic N) is 1. The van der Waals surface area contributed by atoms with Crippen molar-refractivity contribution in [3.63, 3.8) is 0 Å². The lowest BCUT2D eigenvalue weighted by Crippen LogP contribution is -2.44. The predicted octanol–water partition coefficient (Wildman–Crippen LogP) is 0.983. The maximum absolute atomic E-state index is 5.54. The Hall–Kier alpha value is 0.270. The lowest BCUT2D eigenvalue weighted by molar-refractivity contribution is -0.0620. The molecule has 0 N–H and O–H groups in total. The Balaban J connectivity index is 2.35. The normalized spacial score (nSPS) is 36.3. The third kappa shape index (κ3) is 2.15. The van der Waals surface area contributed by atoms with E-state index in [1.807, 2.05) is 0 Å². The van der Waals surface area contributed by atoms with Gasteiger partial charge in [0, 0.05) is 19.0 Å². The van der Waals surface area contributed by atoms with E-state index >= 15 is 0 Å². The number of rotatable bonds is 1. The van der Waals surface area contributed by atoms with Crippen molar-refractivity contribution in [1.29, 1.82) is 0 Å². The summed E-state index contributed by atoms with van der Waals surface area (Å²) in [6, 6.07) is 0. The van der Waals surface area contributed by atoms with Crippen LogP contribution in [0.2, 0.25) is 0 Å². The van der Waals surface area contributed by atoms with Gasteiger partial charge in [0.25, 0.3) is 0 Å². The molecule has 0 aromatic rings. The van der Waals surface area contributed by atoms with Crippen LogP contribution in [-0.2, 0) is 4.74 Å². The van der Waals surface area contributed by atoms with Crippen LogP contribution in [0.1, 0.15) is 13.8 Å². The topological polar surface area (TPSA) is 12.5 Å². The molecule has 0 aliphatic carbocycles. The number of thiol groups is 1. The molecule has 0 amide bonds. The standard InChI is InChI=1S/C7H15NOS/c1-6-3-8(5-10)4-7(2)9-6/h6-7,10H,3-5H2,1-2H3. The van der Waals surface area contributed by atoms with Gasteiger partial charge in [-0.1, -0.05) is 0 Å². The van der Waals surface area contributed by atoms with Crippen molar-refractivity contribution in [2.24, 2.45) is 0 Å². The van der Waals surface area contributed by atoms with Gasteiger partial charge in [-0.2, -0.15) is 12.6 Å². The summed E-state index contributed by atoms with van der Waals surface area (Å²) in [7, 11) is 0. The van der Waals surface area contributed by atoms with Crippen LogP contribution in [0.25, 0.3) is 0 Å². The molecule has 1 aliphatic rings. The highest BCUT2D eigenvalue weighted by Gasteiger charge is 2.20. The van der Waals surface area contributed by atoms with Crippen molar-refractivity contribution in [3.05, 3.63) is 0 Å². The molecular weight excluding hydrogens is 146 g/mol. The molecule has 3 heteroatoms. The van der Waals surface area contributed by atoms with Gasteiger partial charge in [0.05, 0.1) is 12.2 Å². The monoisotopic (exact) mass is 161 g/mol. The second-order valence-corrected chi connectivity index (χ2v) is 3.22. The van der Waals surface area contributed by atoms with E-state index in [1.54, 1.807) is 0 Å². The summed E-state index contributed by atoms with van der Waals surface area (Å²) in [4.78, 5) is 2.29. The first-order valence-electron chi connectivity index (χ1n) is 3.71. The summed E-state index contributed by atoms with van der Waals surface area (Å²) in [5, 5.41) is 0. The van der Waals surface area contributed by atoms with E-state index in [-0.39, 0.29) is 0 Å². The molecule has 0 saturated carbocycles. The summed E-state index contributed by atoms with van der Waals surface area (Å²) in [5.74, 6) is 0.845. The molecule has 0 bridgehead atoms. The van der Waals surface area contributed by atoms with Gasteiger partial charge in [0.1, 0.15) is 0 Å². The van der Waals surface area contributed by atoms with E-state index in [1.165, 1.54) is 0 Å². The van der Waals surface area contributed by atoms with Crippen LogP contribution in [0.5, 0.6) is 0 Å². The Morgan fingerprint density at radius 3 is 2.30 bits per heavy atom. The highest BCUT2D eigenvalue weighted by atomic mass is 32.1. The molecule has 1 rings (SSSR count). The summed E-state index contributed by atoms with van der Waals surface area (Å²) in [5.41, 5.74) is 0. The fourth-order valence-corrected chi connectivity index (χ4v) is 1.63. The average molecular weight is 161 g/mol. The van der Waals surface area contributed by atoms with E-state index in [9.17, 15) is 0 Å². The first-order chi connectivity index (χ1) is 4.72. The van der Waals surface area contributed by atoms with Gasteiger partial charge in [-0.05, 0) is 13.8 Å². The summed E-state index contributed by atoms with van der Waals surface area (Å²) < 4.78 is 5.54. The van der Waals surface area contributed by atoms with Crippen LogP contribution in [0, 0.1) is 0 Å². The van der Waals surface area contributed by atoms with Crippen molar-refractivity contribution in [2.75, 3.05) is 19.0 Å². The van der Waals surface area contributed by atoms with Crippen LogP contribution in [-0.4, -0.2) is 36.1 Å². The maximum atomic E-state index is 5.54. The third-order valence-electron chi connectivity index (χ3n) is 1.70. The average Bonchev–Trinajstić information content (AvgIpc) is 1.85. The van der Waals surface area contributed by atoms with Crippen molar-refractivity contribution < 1.29 is 4.74 Å². The Morgan fingerprint density at radius 1 is 1.40 bits per heavy atom. The molecule has 1 aliphatic heterocycles. The second-order valence-electron chi connectivity index (χ2n) is 2.93. The van der Waals surface area contributed by atoms with Crippen molar-refractivity contribution in [2.45, 2.75) is 26.1 Å². The third-order valence-corrected chi connectivity index (χ3v) is 2.10. The second kappa shape index (κ2) is 3.60. The lowest BCUT2D eigenvalue weighted by Gasteiger charge is -2.34. The molecule has 0 aromatic carbocycles. The predicted molar refractivity (Wildman–Crippen MR) is 45.4 cm³/mol. The molecule has 0 aromatic heterocycles. The Bertz CT molecular complexity index is 99.8. The molecule has 0 radical (unpaired) electrons. The molecule has 10 heavy (non-hydrogen) atoms. The van der Waals surface area contributed by atoms with Gasteiger partial charge >= 0.3 is 0 Å². The number of hydrogen-bond donors (Lipinski definition) is 1. The van der Waals surface area contributed by atoms with Gasteiger partial charge in [-0.25, -0.2) is 0 Å². The van der Waals surface area contributed by atoms with Crippen LogP contribution >= 0.6 is 12.6 Å². The minimum Gasteiger partial charge on any atom is -0.373 e. The minimum absolute atomic E-state index is 0.371. The smallest absolute Gasteiger partial charge is 0.0678 e. The molecule has 2 nitrogen and oxygen atoms in total. The number of morpholine rings is 1.